The van der Waals surface area contributed by atoms with E-state index >= 15 is 0 Å². The molecule has 0 aromatic carbocycles. The lowest BCUT2D eigenvalue weighted by atomic mass is 10.1. The number of rotatable bonds is 16. The Hall–Kier alpha value is -1.54. The minimum atomic E-state index is 0.0991. The van der Waals surface area contributed by atoms with E-state index < -0.39 is 0 Å². The molecule has 7 heteroatoms. The van der Waals surface area contributed by atoms with Crippen LogP contribution < -0.4 is 5.32 Å². The minimum Gasteiger partial charge on any atom is -0.379 e. The summed E-state index contributed by atoms with van der Waals surface area (Å²) in [7, 11) is 0. The van der Waals surface area contributed by atoms with Gasteiger partial charge in [0, 0.05) is 31.3 Å². The van der Waals surface area contributed by atoms with Crippen molar-refractivity contribution in [3.8, 4) is 0 Å². The first-order valence-corrected chi connectivity index (χ1v) is 8.82. The van der Waals surface area contributed by atoms with Gasteiger partial charge in [-0.25, -0.2) is 4.98 Å². The largest absolute Gasteiger partial charge is 0.379 e. The second-order valence-electron chi connectivity index (χ2n) is 5.17. The van der Waals surface area contributed by atoms with E-state index in [-0.39, 0.29) is 5.78 Å². The summed E-state index contributed by atoms with van der Waals surface area (Å²) in [4.78, 5) is 15.7. The quantitative estimate of drug-likeness (QED) is 0.360. The molecule has 0 aliphatic rings. The maximum atomic E-state index is 11.5. The first-order chi connectivity index (χ1) is 12.3. The van der Waals surface area contributed by atoms with Crippen LogP contribution in [0.25, 0.3) is 0 Å². The molecule has 0 aliphatic carbocycles. The van der Waals surface area contributed by atoms with E-state index in [0.717, 1.165) is 5.82 Å². The predicted molar refractivity (Wildman–Crippen MR) is 96.3 cm³/mol. The van der Waals surface area contributed by atoms with E-state index in [1.165, 1.54) is 0 Å². The van der Waals surface area contributed by atoms with Crippen molar-refractivity contribution in [1.29, 1.82) is 0 Å². The molecule has 1 aromatic heterocycles. The number of ether oxygens (including phenoxy) is 4. The standard InChI is InChI=1S/C18H30N2O5/c1-3-17(21)16-5-6-18(20-15-16)19-7-8-23-11-12-25-14-13-24-10-9-22-4-2/h5-6,15H,3-4,7-14H2,1-2H3,(H,19,20). The minimum absolute atomic E-state index is 0.0991. The summed E-state index contributed by atoms with van der Waals surface area (Å²) in [6.45, 7) is 9.15. The highest BCUT2D eigenvalue weighted by Gasteiger charge is 2.03. The number of aromatic nitrogens is 1. The van der Waals surface area contributed by atoms with Crippen LogP contribution >= 0.6 is 0 Å². The maximum Gasteiger partial charge on any atom is 0.164 e. The number of nitrogens with one attached hydrogen (secondary N) is 1. The van der Waals surface area contributed by atoms with Gasteiger partial charge in [-0.3, -0.25) is 4.79 Å². The van der Waals surface area contributed by atoms with Crippen molar-refractivity contribution in [2.24, 2.45) is 0 Å². The van der Waals surface area contributed by atoms with Crippen LogP contribution in [0.3, 0.4) is 0 Å². The molecule has 1 aromatic rings. The SMILES string of the molecule is CCOCCOCCOCCOCCNc1ccc(C(=O)CC)cn1. The number of nitrogens with zero attached hydrogens (tertiary/aromatic N) is 1. The first kappa shape index (κ1) is 21.5. The zero-order valence-corrected chi connectivity index (χ0v) is 15.3. The van der Waals surface area contributed by atoms with Crippen LogP contribution in [0.2, 0.25) is 0 Å². The summed E-state index contributed by atoms with van der Waals surface area (Å²) < 4.78 is 21.3. The van der Waals surface area contributed by atoms with Crippen LogP contribution in [-0.4, -0.2) is 70.2 Å². The van der Waals surface area contributed by atoms with Gasteiger partial charge < -0.3 is 24.3 Å². The second kappa shape index (κ2) is 14.8. The smallest absolute Gasteiger partial charge is 0.164 e. The molecule has 0 saturated carbocycles. The second-order valence-corrected chi connectivity index (χ2v) is 5.17. The molecule has 0 atom stereocenters. The van der Waals surface area contributed by atoms with Crippen molar-refractivity contribution in [3.63, 3.8) is 0 Å². The molecular formula is C18H30N2O5. The summed E-state index contributed by atoms with van der Waals surface area (Å²) >= 11 is 0. The van der Waals surface area contributed by atoms with Gasteiger partial charge in [0.15, 0.2) is 5.78 Å². The molecule has 0 fully saturated rings. The van der Waals surface area contributed by atoms with Gasteiger partial charge in [0.05, 0.1) is 46.2 Å². The average molecular weight is 354 g/mol. The molecule has 25 heavy (non-hydrogen) atoms. The van der Waals surface area contributed by atoms with Crippen molar-refractivity contribution in [1.82, 2.24) is 4.98 Å². The summed E-state index contributed by atoms with van der Waals surface area (Å²) in [5, 5.41) is 3.14. The van der Waals surface area contributed by atoms with E-state index in [9.17, 15) is 4.79 Å². The monoisotopic (exact) mass is 354 g/mol. The molecule has 142 valence electrons. The zero-order chi connectivity index (χ0) is 18.2. The van der Waals surface area contributed by atoms with Gasteiger partial charge in [-0.1, -0.05) is 6.92 Å². The predicted octanol–water partition coefficient (Wildman–Crippen LogP) is 2.17. The third kappa shape index (κ3) is 10.8. The van der Waals surface area contributed by atoms with Crippen molar-refractivity contribution >= 4 is 11.6 Å². The number of carbonyl (C=O) groups excluding carboxylic acids is 1. The molecule has 0 radical (unpaired) electrons. The average Bonchev–Trinajstić information content (AvgIpc) is 2.65. The number of Topliss-reactive ketones (excluding diaryl/α,β-unsaturated/α-hetero) is 1. The number of carbonyl (C=O) groups is 1. The highest BCUT2D eigenvalue weighted by molar-refractivity contribution is 5.95. The first-order valence-electron chi connectivity index (χ1n) is 8.82. The van der Waals surface area contributed by atoms with E-state index in [0.29, 0.717) is 71.4 Å². The van der Waals surface area contributed by atoms with Crippen molar-refractivity contribution in [2.45, 2.75) is 20.3 Å². The van der Waals surface area contributed by atoms with Crippen LogP contribution in [0.15, 0.2) is 18.3 Å². The molecular weight excluding hydrogens is 324 g/mol. The van der Waals surface area contributed by atoms with Crippen LogP contribution in [0.5, 0.6) is 0 Å². The lowest BCUT2D eigenvalue weighted by Crippen LogP contribution is -2.15. The number of hydrogen-bond donors (Lipinski definition) is 1. The normalized spacial score (nSPS) is 10.8. The number of pyridine rings is 1. The third-order valence-corrected chi connectivity index (χ3v) is 3.28. The maximum absolute atomic E-state index is 11.5. The Balaban J connectivity index is 1.91. The van der Waals surface area contributed by atoms with E-state index in [1.54, 1.807) is 18.3 Å². The molecule has 1 N–H and O–H groups in total. The number of ketones is 1. The van der Waals surface area contributed by atoms with E-state index in [4.69, 9.17) is 18.9 Å². The molecule has 0 amide bonds. The molecule has 1 heterocycles. The lowest BCUT2D eigenvalue weighted by Gasteiger charge is -2.08. The topological polar surface area (TPSA) is 78.9 Å². The van der Waals surface area contributed by atoms with Gasteiger partial charge in [-0.2, -0.15) is 0 Å². The van der Waals surface area contributed by atoms with Crippen LogP contribution in [0.1, 0.15) is 30.6 Å². The summed E-state index contributed by atoms with van der Waals surface area (Å²) in [6, 6.07) is 3.59. The molecule has 1 rings (SSSR count). The molecule has 0 unspecified atom stereocenters. The molecule has 0 saturated heterocycles. The van der Waals surface area contributed by atoms with Crippen LogP contribution in [-0.2, 0) is 18.9 Å². The molecule has 7 nitrogen and oxygen atoms in total. The summed E-state index contributed by atoms with van der Waals surface area (Å²) in [5.41, 5.74) is 0.642. The third-order valence-electron chi connectivity index (χ3n) is 3.28. The fourth-order valence-electron chi connectivity index (χ4n) is 1.92. The van der Waals surface area contributed by atoms with Gasteiger partial charge in [0.25, 0.3) is 0 Å². The van der Waals surface area contributed by atoms with Gasteiger partial charge in [0.1, 0.15) is 5.82 Å². The van der Waals surface area contributed by atoms with Gasteiger partial charge >= 0.3 is 0 Å². The lowest BCUT2D eigenvalue weighted by molar-refractivity contribution is 0.000609. The number of hydrogen-bond acceptors (Lipinski definition) is 7. The Morgan fingerprint density at radius 2 is 1.52 bits per heavy atom. The number of anilines is 1. The van der Waals surface area contributed by atoms with Crippen molar-refractivity contribution < 1.29 is 23.7 Å². The highest BCUT2D eigenvalue weighted by Crippen LogP contribution is 2.06. The summed E-state index contributed by atoms with van der Waals surface area (Å²) in [5.74, 6) is 0.832. The van der Waals surface area contributed by atoms with Gasteiger partial charge in [-0.15, -0.1) is 0 Å². The van der Waals surface area contributed by atoms with Crippen LogP contribution in [0.4, 0.5) is 5.82 Å². The fraction of sp³-hybridized carbons (Fsp3) is 0.667. The van der Waals surface area contributed by atoms with Crippen molar-refractivity contribution in [3.05, 3.63) is 23.9 Å². The Kier molecular flexibility index (Phi) is 12.7. The fourth-order valence-corrected chi connectivity index (χ4v) is 1.92. The van der Waals surface area contributed by atoms with Crippen LogP contribution in [0, 0.1) is 0 Å². The molecule has 0 spiro atoms. The summed E-state index contributed by atoms with van der Waals surface area (Å²) in [6.07, 6.45) is 2.09. The Bertz CT molecular complexity index is 453. The molecule has 0 aliphatic heterocycles. The van der Waals surface area contributed by atoms with Gasteiger partial charge in [-0.05, 0) is 19.1 Å². The Labute approximate surface area is 150 Å². The van der Waals surface area contributed by atoms with Crippen molar-refractivity contribution in [2.75, 3.05) is 64.7 Å². The molecule has 0 bridgehead atoms. The zero-order valence-electron chi connectivity index (χ0n) is 15.3. The Morgan fingerprint density at radius 3 is 2.04 bits per heavy atom. The van der Waals surface area contributed by atoms with E-state index in [1.807, 2.05) is 13.8 Å². The van der Waals surface area contributed by atoms with Gasteiger partial charge in [0.2, 0.25) is 0 Å². The Morgan fingerprint density at radius 1 is 0.920 bits per heavy atom. The highest BCUT2D eigenvalue weighted by atomic mass is 16.6. The van der Waals surface area contributed by atoms with E-state index in [2.05, 4.69) is 10.3 Å².